The van der Waals surface area contributed by atoms with Crippen molar-refractivity contribution in [2.24, 2.45) is 5.41 Å². The fourth-order valence-electron chi connectivity index (χ4n) is 3.91. The fourth-order valence-corrected chi connectivity index (χ4v) is 3.91. The first-order valence-corrected chi connectivity index (χ1v) is 10.1. The van der Waals surface area contributed by atoms with Crippen LogP contribution in [0.2, 0.25) is 0 Å². The van der Waals surface area contributed by atoms with Crippen molar-refractivity contribution in [2.75, 3.05) is 40.0 Å². The zero-order valence-electron chi connectivity index (χ0n) is 17.1. The lowest BCUT2D eigenvalue weighted by molar-refractivity contribution is -0.170. The molecule has 0 saturated carbocycles. The minimum atomic E-state index is -0.361. The molecule has 0 amide bonds. The highest BCUT2D eigenvalue weighted by atomic mass is 16.7. The van der Waals surface area contributed by atoms with Crippen LogP contribution in [0.1, 0.15) is 66.2 Å². The highest BCUT2D eigenvalue weighted by Gasteiger charge is 2.41. The minimum absolute atomic E-state index is 0.228. The molecule has 0 N–H and O–H groups in total. The van der Waals surface area contributed by atoms with Crippen LogP contribution in [-0.4, -0.2) is 56.7 Å². The van der Waals surface area contributed by atoms with E-state index in [1.54, 1.807) is 12.7 Å². The summed E-state index contributed by atoms with van der Waals surface area (Å²) in [6.07, 6.45) is 9.08. The lowest BCUT2D eigenvalue weighted by atomic mass is 9.84. The molecule has 2 aliphatic rings. The first kappa shape index (κ1) is 20.9. The van der Waals surface area contributed by atoms with E-state index in [-0.39, 0.29) is 17.3 Å². The third kappa shape index (κ3) is 6.35. The molecule has 1 aliphatic carbocycles. The van der Waals surface area contributed by atoms with E-state index in [1.807, 2.05) is 0 Å². The maximum absolute atomic E-state index is 6.44. The molecule has 1 spiro atoms. The number of hydrogen-bond donors (Lipinski definition) is 0. The van der Waals surface area contributed by atoms with Gasteiger partial charge in [-0.3, -0.25) is 0 Å². The van der Waals surface area contributed by atoms with Crippen LogP contribution < -0.4 is 0 Å². The van der Waals surface area contributed by atoms with Crippen molar-refractivity contribution < 1.29 is 14.2 Å². The standard InChI is InChI=1S/C21H39NO3/c1-6-13-22(15-16-23-5)14-10-19-17-24-21(25-19)11-7-8-18(9-12-21)20(2,3)4/h9,19H,6-8,10-17H2,1-5H3. The molecule has 0 aromatic rings. The van der Waals surface area contributed by atoms with E-state index in [1.165, 1.54) is 12.8 Å². The summed E-state index contributed by atoms with van der Waals surface area (Å²) in [6, 6.07) is 0. The third-order valence-electron chi connectivity index (χ3n) is 5.46. The number of nitrogens with zero attached hydrogens (tertiary/aromatic N) is 1. The van der Waals surface area contributed by atoms with Crippen LogP contribution in [0.5, 0.6) is 0 Å². The van der Waals surface area contributed by atoms with E-state index in [0.717, 1.165) is 58.5 Å². The Morgan fingerprint density at radius 2 is 2.08 bits per heavy atom. The van der Waals surface area contributed by atoms with E-state index >= 15 is 0 Å². The van der Waals surface area contributed by atoms with Crippen LogP contribution in [0.4, 0.5) is 0 Å². The number of methoxy groups -OCH3 is 1. The van der Waals surface area contributed by atoms with Crippen molar-refractivity contribution in [3.05, 3.63) is 11.6 Å². The summed E-state index contributed by atoms with van der Waals surface area (Å²) >= 11 is 0. The molecule has 4 nitrogen and oxygen atoms in total. The second-order valence-electron chi connectivity index (χ2n) is 8.62. The predicted molar refractivity (Wildman–Crippen MR) is 103 cm³/mol. The molecule has 1 heterocycles. The maximum Gasteiger partial charge on any atom is 0.172 e. The van der Waals surface area contributed by atoms with Crippen molar-refractivity contribution in [3.8, 4) is 0 Å². The summed E-state index contributed by atoms with van der Waals surface area (Å²) in [5.41, 5.74) is 1.81. The molecule has 146 valence electrons. The summed E-state index contributed by atoms with van der Waals surface area (Å²) < 4.78 is 17.9. The Kier molecular flexibility index (Phi) is 7.93. The zero-order chi connectivity index (χ0) is 18.3. The van der Waals surface area contributed by atoms with Crippen molar-refractivity contribution in [3.63, 3.8) is 0 Å². The van der Waals surface area contributed by atoms with Gasteiger partial charge in [-0.1, -0.05) is 39.3 Å². The van der Waals surface area contributed by atoms with E-state index < -0.39 is 0 Å². The molecule has 4 heteroatoms. The summed E-state index contributed by atoms with van der Waals surface area (Å²) in [5.74, 6) is -0.361. The number of rotatable bonds is 8. The van der Waals surface area contributed by atoms with Gasteiger partial charge in [0, 0.05) is 33.0 Å². The minimum Gasteiger partial charge on any atom is -0.383 e. The summed E-state index contributed by atoms with van der Waals surface area (Å²) in [5, 5.41) is 0. The molecule has 2 rings (SSSR count). The lowest BCUT2D eigenvalue weighted by Gasteiger charge is -2.27. The van der Waals surface area contributed by atoms with Gasteiger partial charge in [0.05, 0.1) is 19.3 Å². The Hall–Kier alpha value is -0.420. The normalized spacial score (nSPS) is 27.8. The van der Waals surface area contributed by atoms with Gasteiger partial charge in [-0.05, 0) is 37.6 Å². The van der Waals surface area contributed by atoms with Crippen LogP contribution in [-0.2, 0) is 14.2 Å². The first-order chi connectivity index (χ1) is 11.9. The van der Waals surface area contributed by atoms with Gasteiger partial charge in [-0.2, -0.15) is 0 Å². The van der Waals surface area contributed by atoms with Gasteiger partial charge in [0.2, 0.25) is 0 Å². The highest BCUT2D eigenvalue weighted by Crippen LogP contribution is 2.40. The largest absolute Gasteiger partial charge is 0.383 e. The Morgan fingerprint density at radius 3 is 2.76 bits per heavy atom. The SMILES string of the molecule is CCCN(CCOC)CCC1COC2(CC=C(C(C)(C)C)CCC2)O1. The predicted octanol–water partition coefficient (Wildman–Crippen LogP) is 4.39. The Labute approximate surface area is 154 Å². The quantitative estimate of drug-likeness (QED) is 0.606. The van der Waals surface area contributed by atoms with E-state index in [9.17, 15) is 0 Å². The molecule has 2 atom stereocenters. The van der Waals surface area contributed by atoms with E-state index in [2.05, 4.69) is 38.7 Å². The molecule has 0 aromatic carbocycles. The van der Waals surface area contributed by atoms with Crippen LogP contribution in [0.25, 0.3) is 0 Å². The van der Waals surface area contributed by atoms with E-state index in [0.29, 0.717) is 0 Å². The Bertz CT molecular complexity index is 429. The molecule has 25 heavy (non-hydrogen) atoms. The van der Waals surface area contributed by atoms with Crippen molar-refractivity contribution in [1.82, 2.24) is 4.90 Å². The second-order valence-corrected chi connectivity index (χ2v) is 8.62. The second kappa shape index (κ2) is 9.50. The Balaban J connectivity index is 1.84. The topological polar surface area (TPSA) is 30.9 Å². The lowest BCUT2D eigenvalue weighted by Crippen LogP contribution is -2.33. The number of allylic oxidation sites excluding steroid dienone is 1. The van der Waals surface area contributed by atoms with Crippen LogP contribution >= 0.6 is 0 Å². The third-order valence-corrected chi connectivity index (χ3v) is 5.46. The molecule has 2 unspecified atom stereocenters. The summed E-state index contributed by atoms with van der Waals surface area (Å²) in [4.78, 5) is 2.47. The van der Waals surface area contributed by atoms with Gasteiger partial charge in [0.1, 0.15) is 0 Å². The maximum atomic E-state index is 6.44. The molecule has 1 saturated heterocycles. The molecular weight excluding hydrogens is 314 g/mol. The van der Waals surface area contributed by atoms with Crippen molar-refractivity contribution in [1.29, 1.82) is 0 Å². The Morgan fingerprint density at radius 1 is 1.28 bits per heavy atom. The van der Waals surface area contributed by atoms with E-state index in [4.69, 9.17) is 14.2 Å². The molecule has 1 aliphatic heterocycles. The number of hydrogen-bond acceptors (Lipinski definition) is 4. The van der Waals surface area contributed by atoms with Gasteiger partial charge in [-0.25, -0.2) is 0 Å². The zero-order valence-corrected chi connectivity index (χ0v) is 17.1. The van der Waals surface area contributed by atoms with Crippen LogP contribution in [0.3, 0.4) is 0 Å². The molecule has 0 radical (unpaired) electrons. The van der Waals surface area contributed by atoms with Crippen molar-refractivity contribution >= 4 is 0 Å². The van der Waals surface area contributed by atoms with Gasteiger partial charge < -0.3 is 19.1 Å². The van der Waals surface area contributed by atoms with Gasteiger partial charge in [0.15, 0.2) is 5.79 Å². The average molecular weight is 354 g/mol. The molecule has 0 aromatic heterocycles. The van der Waals surface area contributed by atoms with Gasteiger partial charge >= 0.3 is 0 Å². The first-order valence-electron chi connectivity index (χ1n) is 10.1. The smallest absolute Gasteiger partial charge is 0.172 e. The molecule has 1 fully saturated rings. The fraction of sp³-hybridized carbons (Fsp3) is 0.905. The molecular formula is C21H39NO3. The molecule has 0 bridgehead atoms. The summed E-state index contributed by atoms with van der Waals surface area (Å²) in [6.45, 7) is 13.9. The number of ether oxygens (including phenoxy) is 3. The highest BCUT2D eigenvalue weighted by molar-refractivity contribution is 5.14. The summed E-state index contributed by atoms with van der Waals surface area (Å²) in [7, 11) is 1.77. The monoisotopic (exact) mass is 353 g/mol. The van der Waals surface area contributed by atoms with Gasteiger partial charge in [-0.15, -0.1) is 0 Å². The van der Waals surface area contributed by atoms with Crippen LogP contribution in [0.15, 0.2) is 11.6 Å². The van der Waals surface area contributed by atoms with Gasteiger partial charge in [0.25, 0.3) is 0 Å². The van der Waals surface area contributed by atoms with Crippen LogP contribution in [0, 0.1) is 5.41 Å². The average Bonchev–Trinajstić information content (AvgIpc) is 2.82. The van der Waals surface area contributed by atoms with Crippen molar-refractivity contribution in [2.45, 2.75) is 78.1 Å².